The lowest BCUT2D eigenvalue weighted by molar-refractivity contribution is -0.126. The Bertz CT molecular complexity index is 299. The van der Waals surface area contributed by atoms with Crippen LogP contribution in [-0.2, 0) is 9.59 Å². The van der Waals surface area contributed by atoms with E-state index in [1.807, 2.05) is 0 Å². The van der Waals surface area contributed by atoms with Gasteiger partial charge in [-0.3, -0.25) is 9.59 Å². The van der Waals surface area contributed by atoms with Crippen molar-refractivity contribution in [2.45, 2.75) is 58.4 Å². The molecule has 1 unspecified atom stereocenters. The zero-order chi connectivity index (χ0) is 14.3. The molecule has 0 aromatic rings. The molecule has 4 heteroatoms. The maximum Gasteiger partial charge on any atom is 0.223 e. The molecule has 1 aliphatic carbocycles. The number of rotatable bonds is 7. The molecule has 3 nitrogen and oxygen atoms in total. The maximum absolute atomic E-state index is 12.2. The van der Waals surface area contributed by atoms with Gasteiger partial charge in [0.15, 0.2) is 0 Å². The number of hydrogen-bond acceptors (Lipinski definition) is 3. The Balaban J connectivity index is 2.34. The molecule has 1 aliphatic rings. The van der Waals surface area contributed by atoms with E-state index in [1.54, 1.807) is 18.7 Å². The van der Waals surface area contributed by atoms with Crippen LogP contribution in [0.4, 0.5) is 0 Å². The third-order valence-corrected chi connectivity index (χ3v) is 4.83. The Hall–Kier alpha value is -0.510. The Kier molecular flexibility index (Phi) is 7.51. The van der Waals surface area contributed by atoms with E-state index in [9.17, 15) is 9.59 Å². The van der Waals surface area contributed by atoms with E-state index in [1.165, 1.54) is 0 Å². The zero-order valence-corrected chi connectivity index (χ0v) is 13.2. The lowest BCUT2D eigenvalue weighted by Gasteiger charge is -2.29. The minimum Gasteiger partial charge on any atom is -0.353 e. The van der Waals surface area contributed by atoms with E-state index >= 15 is 0 Å². The van der Waals surface area contributed by atoms with E-state index in [-0.39, 0.29) is 23.8 Å². The molecule has 1 atom stereocenters. The average Bonchev–Trinajstić information content (AvgIpc) is 2.40. The Morgan fingerprint density at radius 1 is 1.26 bits per heavy atom. The van der Waals surface area contributed by atoms with Crippen LogP contribution in [0.3, 0.4) is 0 Å². The number of carbonyl (C=O) groups is 2. The normalized spacial score (nSPS) is 24.8. The minimum absolute atomic E-state index is 0.151. The van der Waals surface area contributed by atoms with E-state index in [0.29, 0.717) is 5.78 Å². The van der Waals surface area contributed by atoms with Crippen LogP contribution in [0.2, 0.25) is 0 Å². The topological polar surface area (TPSA) is 46.2 Å². The first-order valence-electron chi connectivity index (χ1n) is 7.38. The number of hydrogen-bond donors (Lipinski definition) is 1. The summed E-state index contributed by atoms with van der Waals surface area (Å²) >= 11 is 1.79. The minimum atomic E-state index is 0.151. The summed E-state index contributed by atoms with van der Waals surface area (Å²) in [7, 11) is 0. The molecule has 1 saturated carbocycles. The molecule has 1 N–H and O–H groups in total. The van der Waals surface area contributed by atoms with Crippen LogP contribution < -0.4 is 5.32 Å². The summed E-state index contributed by atoms with van der Waals surface area (Å²) in [6.07, 6.45) is 7.72. The molecule has 0 heterocycles. The second-order valence-corrected chi connectivity index (χ2v) is 6.54. The predicted octanol–water partition coefficient (Wildman–Crippen LogP) is 3.03. The van der Waals surface area contributed by atoms with Gasteiger partial charge in [-0.15, -0.1) is 0 Å². The summed E-state index contributed by atoms with van der Waals surface area (Å²) in [6, 6.07) is 0.284. The van der Waals surface area contributed by atoms with Crippen molar-refractivity contribution in [3.8, 4) is 0 Å². The van der Waals surface area contributed by atoms with Crippen molar-refractivity contribution in [3.05, 3.63) is 0 Å². The van der Waals surface area contributed by atoms with Crippen LogP contribution in [0.1, 0.15) is 52.4 Å². The summed E-state index contributed by atoms with van der Waals surface area (Å²) in [5.74, 6) is 1.94. The van der Waals surface area contributed by atoms with Crippen molar-refractivity contribution in [3.63, 3.8) is 0 Å². The van der Waals surface area contributed by atoms with Gasteiger partial charge in [0.1, 0.15) is 5.78 Å². The first-order chi connectivity index (χ1) is 9.08. The van der Waals surface area contributed by atoms with Gasteiger partial charge in [0.2, 0.25) is 5.91 Å². The molecule has 110 valence electrons. The molecule has 19 heavy (non-hydrogen) atoms. The van der Waals surface area contributed by atoms with Gasteiger partial charge in [-0.05, 0) is 57.5 Å². The van der Waals surface area contributed by atoms with Gasteiger partial charge < -0.3 is 5.32 Å². The molecular formula is C15H27NO2S. The van der Waals surface area contributed by atoms with E-state index in [4.69, 9.17) is 0 Å². The number of ketones is 1. The quantitative estimate of drug-likeness (QED) is 0.782. The second kappa shape index (κ2) is 8.62. The van der Waals surface area contributed by atoms with E-state index in [2.05, 4.69) is 18.5 Å². The van der Waals surface area contributed by atoms with Crippen molar-refractivity contribution in [1.82, 2.24) is 5.32 Å². The third-order valence-electron chi connectivity index (χ3n) is 4.18. The van der Waals surface area contributed by atoms with Gasteiger partial charge >= 0.3 is 0 Å². The van der Waals surface area contributed by atoms with Crippen LogP contribution in [0.25, 0.3) is 0 Å². The van der Waals surface area contributed by atoms with Gasteiger partial charge in [0, 0.05) is 17.9 Å². The van der Waals surface area contributed by atoms with Gasteiger partial charge in [-0.2, -0.15) is 11.8 Å². The number of nitrogens with one attached hydrogen (secondary N) is 1. The average molecular weight is 285 g/mol. The number of Topliss-reactive ketones (excluding diaryl/α,β-unsaturated/α-hetero) is 1. The highest BCUT2D eigenvalue weighted by Gasteiger charge is 2.26. The van der Waals surface area contributed by atoms with Crippen molar-refractivity contribution in [2.75, 3.05) is 12.0 Å². The predicted molar refractivity (Wildman–Crippen MR) is 81.3 cm³/mol. The fourth-order valence-electron chi connectivity index (χ4n) is 2.74. The molecule has 0 saturated heterocycles. The lowest BCUT2D eigenvalue weighted by atomic mass is 9.83. The summed E-state index contributed by atoms with van der Waals surface area (Å²) < 4.78 is 0. The van der Waals surface area contributed by atoms with Crippen molar-refractivity contribution >= 4 is 23.5 Å². The Morgan fingerprint density at radius 3 is 2.37 bits per heavy atom. The first kappa shape index (κ1) is 16.5. The van der Waals surface area contributed by atoms with Crippen LogP contribution >= 0.6 is 11.8 Å². The van der Waals surface area contributed by atoms with Crippen LogP contribution in [0, 0.1) is 11.8 Å². The molecule has 1 amide bonds. The number of thioether (sulfide) groups is 1. The first-order valence-corrected chi connectivity index (χ1v) is 8.77. The van der Waals surface area contributed by atoms with Gasteiger partial charge in [0.25, 0.3) is 0 Å². The largest absolute Gasteiger partial charge is 0.353 e. The molecule has 0 aromatic heterocycles. The van der Waals surface area contributed by atoms with E-state index < -0.39 is 0 Å². The Labute approximate surface area is 121 Å². The standard InChI is InChI=1S/C15H27NO2S/c1-4-12(9-10-19-3)15(18)16-14-7-5-13(6-8-14)11(2)17/h12-14H,4-10H2,1-3H3,(H,16,18). The highest BCUT2D eigenvalue weighted by molar-refractivity contribution is 7.98. The second-order valence-electron chi connectivity index (χ2n) is 5.55. The Morgan fingerprint density at radius 2 is 1.89 bits per heavy atom. The molecule has 0 bridgehead atoms. The third kappa shape index (κ3) is 5.55. The summed E-state index contributed by atoms with van der Waals surface area (Å²) in [5.41, 5.74) is 0. The maximum atomic E-state index is 12.2. The molecule has 0 aliphatic heterocycles. The highest BCUT2D eigenvalue weighted by Crippen LogP contribution is 2.25. The van der Waals surface area contributed by atoms with Gasteiger partial charge in [-0.25, -0.2) is 0 Å². The smallest absolute Gasteiger partial charge is 0.223 e. The van der Waals surface area contributed by atoms with Crippen molar-refractivity contribution in [2.24, 2.45) is 11.8 Å². The molecule has 0 radical (unpaired) electrons. The van der Waals surface area contributed by atoms with Crippen LogP contribution in [-0.4, -0.2) is 29.7 Å². The molecule has 0 spiro atoms. The number of amides is 1. The fraction of sp³-hybridized carbons (Fsp3) is 0.867. The number of carbonyl (C=O) groups excluding carboxylic acids is 2. The van der Waals surface area contributed by atoms with Crippen molar-refractivity contribution in [1.29, 1.82) is 0 Å². The monoisotopic (exact) mass is 285 g/mol. The lowest BCUT2D eigenvalue weighted by Crippen LogP contribution is -2.41. The zero-order valence-electron chi connectivity index (χ0n) is 12.4. The molecular weight excluding hydrogens is 258 g/mol. The summed E-state index contributed by atoms with van der Waals surface area (Å²) in [6.45, 7) is 3.76. The molecule has 1 rings (SSSR count). The summed E-state index contributed by atoms with van der Waals surface area (Å²) in [4.78, 5) is 23.5. The SMILES string of the molecule is CCC(CCSC)C(=O)NC1CCC(C(C)=O)CC1. The summed E-state index contributed by atoms with van der Waals surface area (Å²) in [5, 5.41) is 3.18. The van der Waals surface area contributed by atoms with Gasteiger partial charge in [-0.1, -0.05) is 6.92 Å². The van der Waals surface area contributed by atoms with Crippen LogP contribution in [0.15, 0.2) is 0 Å². The van der Waals surface area contributed by atoms with E-state index in [0.717, 1.165) is 44.3 Å². The molecule has 0 aromatic carbocycles. The highest BCUT2D eigenvalue weighted by atomic mass is 32.2. The van der Waals surface area contributed by atoms with Gasteiger partial charge in [0.05, 0.1) is 0 Å². The molecule has 1 fully saturated rings. The van der Waals surface area contributed by atoms with Crippen LogP contribution in [0.5, 0.6) is 0 Å². The fourth-order valence-corrected chi connectivity index (χ4v) is 3.26. The van der Waals surface area contributed by atoms with Crippen molar-refractivity contribution < 1.29 is 9.59 Å².